The molecule has 0 aliphatic carbocycles. The third-order valence-corrected chi connectivity index (χ3v) is 3.54. The van der Waals surface area contributed by atoms with E-state index in [0.29, 0.717) is 11.4 Å². The molecule has 0 aliphatic rings. The van der Waals surface area contributed by atoms with Crippen molar-refractivity contribution in [3.63, 3.8) is 0 Å². The van der Waals surface area contributed by atoms with Crippen molar-refractivity contribution < 1.29 is 22.7 Å². The van der Waals surface area contributed by atoms with Crippen molar-refractivity contribution in [2.24, 2.45) is 0 Å². The summed E-state index contributed by atoms with van der Waals surface area (Å²) in [5, 5.41) is 4.19. The summed E-state index contributed by atoms with van der Waals surface area (Å²) in [6, 6.07) is 3.96. The number of aryl methyl sites for hydroxylation is 2. The van der Waals surface area contributed by atoms with E-state index in [4.69, 9.17) is 4.74 Å². The average molecular weight is 326 g/mol. The Balaban J connectivity index is 2.56. The summed E-state index contributed by atoms with van der Waals surface area (Å²) in [4.78, 5) is 12.0. The highest BCUT2D eigenvalue weighted by atomic mass is 19.4. The first-order chi connectivity index (χ1) is 10.7. The molecule has 0 bridgehead atoms. The molecule has 2 aromatic rings. The summed E-state index contributed by atoms with van der Waals surface area (Å²) in [6.07, 6.45) is -4.44. The minimum absolute atomic E-state index is 0.133. The van der Waals surface area contributed by atoms with Crippen molar-refractivity contribution in [3.8, 4) is 5.69 Å². The van der Waals surface area contributed by atoms with Crippen molar-refractivity contribution in [2.75, 3.05) is 6.61 Å². The average Bonchev–Trinajstić information content (AvgIpc) is 2.73. The van der Waals surface area contributed by atoms with Gasteiger partial charge < -0.3 is 4.74 Å². The Kier molecular flexibility index (Phi) is 4.49. The van der Waals surface area contributed by atoms with Crippen LogP contribution in [0.5, 0.6) is 0 Å². The first-order valence-electron chi connectivity index (χ1n) is 7.08. The largest absolute Gasteiger partial charge is 0.462 e. The molecule has 7 heteroatoms. The Morgan fingerprint density at radius 3 is 2.48 bits per heavy atom. The third kappa shape index (κ3) is 3.23. The highest BCUT2D eigenvalue weighted by Gasteiger charge is 2.33. The van der Waals surface area contributed by atoms with E-state index < -0.39 is 17.7 Å². The lowest BCUT2D eigenvalue weighted by Gasteiger charge is -2.13. The van der Waals surface area contributed by atoms with Crippen molar-refractivity contribution in [1.29, 1.82) is 0 Å². The normalized spacial score (nSPS) is 11.6. The van der Waals surface area contributed by atoms with E-state index in [1.54, 1.807) is 26.8 Å². The molecule has 0 radical (unpaired) electrons. The zero-order valence-corrected chi connectivity index (χ0v) is 13.3. The van der Waals surface area contributed by atoms with E-state index in [1.807, 2.05) is 0 Å². The summed E-state index contributed by atoms with van der Waals surface area (Å²) in [6.45, 7) is 6.54. The lowest BCUT2D eigenvalue weighted by molar-refractivity contribution is -0.138. The fourth-order valence-electron chi connectivity index (χ4n) is 2.44. The van der Waals surface area contributed by atoms with Crippen LogP contribution in [0.25, 0.3) is 5.69 Å². The Morgan fingerprint density at radius 2 is 1.91 bits per heavy atom. The number of alkyl halides is 3. The third-order valence-electron chi connectivity index (χ3n) is 3.54. The van der Waals surface area contributed by atoms with Gasteiger partial charge >= 0.3 is 12.1 Å². The summed E-state index contributed by atoms with van der Waals surface area (Å²) in [5.41, 5.74) is 0.793. The number of rotatable bonds is 3. The molecule has 0 saturated heterocycles. The second kappa shape index (κ2) is 6.06. The minimum atomic E-state index is -4.44. The van der Waals surface area contributed by atoms with Crippen molar-refractivity contribution in [3.05, 3.63) is 46.3 Å². The SMILES string of the molecule is CCOC(=O)c1c(C)nn(-c2ccc(C)c(C(F)(F)F)c2)c1C. The fraction of sp³-hybridized carbons (Fsp3) is 0.375. The molecular formula is C16H17F3N2O2. The van der Waals surface area contributed by atoms with E-state index in [2.05, 4.69) is 5.10 Å². The molecule has 1 aromatic carbocycles. The van der Waals surface area contributed by atoms with Gasteiger partial charge in [0.05, 0.1) is 29.2 Å². The number of benzene rings is 1. The predicted octanol–water partition coefficient (Wildman–Crippen LogP) is 3.99. The van der Waals surface area contributed by atoms with Crippen LogP contribution in [0, 0.1) is 20.8 Å². The highest BCUT2D eigenvalue weighted by Crippen LogP contribution is 2.33. The lowest BCUT2D eigenvalue weighted by Crippen LogP contribution is -2.10. The molecule has 0 amide bonds. The van der Waals surface area contributed by atoms with E-state index in [-0.39, 0.29) is 23.4 Å². The van der Waals surface area contributed by atoms with E-state index in [1.165, 1.54) is 17.7 Å². The molecule has 0 fully saturated rings. The summed E-state index contributed by atoms with van der Waals surface area (Å²) in [7, 11) is 0. The maximum absolute atomic E-state index is 13.1. The lowest BCUT2D eigenvalue weighted by atomic mass is 10.1. The van der Waals surface area contributed by atoms with Crippen LogP contribution in [0.1, 0.15) is 39.8 Å². The fourth-order valence-corrected chi connectivity index (χ4v) is 2.44. The van der Waals surface area contributed by atoms with Gasteiger partial charge in [-0.2, -0.15) is 18.3 Å². The number of nitrogens with zero attached hydrogens (tertiary/aromatic N) is 2. The second-order valence-electron chi connectivity index (χ2n) is 5.18. The van der Waals surface area contributed by atoms with Crippen LogP contribution in [0.3, 0.4) is 0 Å². The van der Waals surface area contributed by atoms with Crippen LogP contribution in [-0.2, 0) is 10.9 Å². The number of aromatic nitrogens is 2. The number of carbonyl (C=O) groups excluding carboxylic acids is 1. The van der Waals surface area contributed by atoms with Gasteiger partial charge in [-0.1, -0.05) is 6.07 Å². The van der Waals surface area contributed by atoms with Gasteiger partial charge in [-0.15, -0.1) is 0 Å². The molecule has 1 aromatic heterocycles. The zero-order chi connectivity index (χ0) is 17.4. The van der Waals surface area contributed by atoms with Crippen LogP contribution < -0.4 is 0 Å². The van der Waals surface area contributed by atoms with Crippen LogP contribution >= 0.6 is 0 Å². The molecule has 2 rings (SSSR count). The van der Waals surface area contributed by atoms with E-state index >= 15 is 0 Å². The Morgan fingerprint density at radius 1 is 1.26 bits per heavy atom. The van der Waals surface area contributed by atoms with Crippen LogP contribution in [0.2, 0.25) is 0 Å². The van der Waals surface area contributed by atoms with E-state index in [0.717, 1.165) is 6.07 Å². The van der Waals surface area contributed by atoms with Crippen molar-refractivity contribution in [1.82, 2.24) is 9.78 Å². The molecule has 23 heavy (non-hydrogen) atoms. The Bertz CT molecular complexity index is 749. The van der Waals surface area contributed by atoms with Crippen LogP contribution in [0.4, 0.5) is 13.2 Å². The monoisotopic (exact) mass is 326 g/mol. The molecule has 0 N–H and O–H groups in total. The van der Waals surface area contributed by atoms with Crippen LogP contribution in [0.15, 0.2) is 18.2 Å². The zero-order valence-electron chi connectivity index (χ0n) is 13.3. The number of esters is 1. The standard InChI is InChI=1S/C16H17F3N2O2/c1-5-23-15(22)14-10(3)20-21(11(14)4)12-7-6-9(2)13(8-12)16(17,18)19/h6-8H,5H2,1-4H3. The molecular weight excluding hydrogens is 309 g/mol. The minimum Gasteiger partial charge on any atom is -0.462 e. The van der Waals surface area contributed by atoms with Crippen LogP contribution in [-0.4, -0.2) is 22.4 Å². The summed E-state index contributed by atoms with van der Waals surface area (Å²) < 4.78 is 45.5. The van der Waals surface area contributed by atoms with Gasteiger partial charge in [-0.25, -0.2) is 9.48 Å². The molecule has 124 valence electrons. The molecule has 0 saturated carbocycles. The molecule has 1 heterocycles. The topological polar surface area (TPSA) is 44.1 Å². The highest BCUT2D eigenvalue weighted by molar-refractivity contribution is 5.92. The van der Waals surface area contributed by atoms with Gasteiger partial charge in [0.2, 0.25) is 0 Å². The predicted molar refractivity (Wildman–Crippen MR) is 78.7 cm³/mol. The van der Waals surface area contributed by atoms with Gasteiger partial charge in [-0.3, -0.25) is 0 Å². The maximum Gasteiger partial charge on any atom is 0.416 e. The molecule has 4 nitrogen and oxygen atoms in total. The molecule has 0 aliphatic heterocycles. The summed E-state index contributed by atoms with van der Waals surface area (Å²) in [5.74, 6) is -0.531. The van der Waals surface area contributed by atoms with Gasteiger partial charge in [0.25, 0.3) is 0 Å². The van der Waals surface area contributed by atoms with Crippen molar-refractivity contribution in [2.45, 2.75) is 33.9 Å². The number of carbonyl (C=O) groups is 1. The maximum atomic E-state index is 13.1. The quantitative estimate of drug-likeness (QED) is 0.801. The second-order valence-corrected chi connectivity index (χ2v) is 5.18. The Labute approximate surface area is 131 Å². The molecule has 0 unspecified atom stereocenters. The first-order valence-corrected chi connectivity index (χ1v) is 7.08. The number of ether oxygens (including phenoxy) is 1. The number of hydrogen-bond donors (Lipinski definition) is 0. The van der Waals surface area contributed by atoms with E-state index in [9.17, 15) is 18.0 Å². The van der Waals surface area contributed by atoms with Gasteiger partial charge in [0.1, 0.15) is 5.56 Å². The van der Waals surface area contributed by atoms with Gasteiger partial charge in [0.15, 0.2) is 0 Å². The smallest absolute Gasteiger partial charge is 0.416 e. The summed E-state index contributed by atoms with van der Waals surface area (Å²) >= 11 is 0. The van der Waals surface area contributed by atoms with Gasteiger partial charge in [-0.05, 0) is 45.4 Å². The molecule has 0 spiro atoms. The Hall–Kier alpha value is -2.31. The number of halogens is 3. The van der Waals surface area contributed by atoms with Crippen molar-refractivity contribution >= 4 is 5.97 Å². The first kappa shape index (κ1) is 17.1. The number of hydrogen-bond acceptors (Lipinski definition) is 3. The molecule has 0 atom stereocenters. The van der Waals surface area contributed by atoms with Gasteiger partial charge in [0, 0.05) is 0 Å².